The van der Waals surface area contributed by atoms with Crippen LogP contribution in [0, 0.1) is 5.92 Å². The summed E-state index contributed by atoms with van der Waals surface area (Å²) in [6.45, 7) is 5.96. The van der Waals surface area contributed by atoms with Crippen molar-refractivity contribution in [2.45, 2.75) is 26.8 Å². The van der Waals surface area contributed by atoms with Crippen LogP contribution in [0.1, 0.15) is 20.8 Å². The minimum absolute atomic E-state index is 0.0723. The number of hydrogen-bond acceptors (Lipinski definition) is 2. The summed E-state index contributed by atoms with van der Waals surface area (Å²) in [6, 6.07) is 5.17. The van der Waals surface area contributed by atoms with Gasteiger partial charge in [-0.25, -0.2) is 0 Å². The molecule has 0 aliphatic heterocycles. The highest BCUT2D eigenvalue weighted by molar-refractivity contribution is 6.42. The van der Waals surface area contributed by atoms with Gasteiger partial charge >= 0.3 is 0 Å². The van der Waals surface area contributed by atoms with E-state index in [1.807, 2.05) is 20.8 Å². The fourth-order valence-corrected chi connectivity index (χ4v) is 1.55. The van der Waals surface area contributed by atoms with Crippen LogP contribution >= 0.6 is 23.2 Å². The zero-order chi connectivity index (χ0) is 13.7. The zero-order valence-corrected chi connectivity index (χ0v) is 12.2. The summed E-state index contributed by atoms with van der Waals surface area (Å²) in [7, 11) is 0. The summed E-state index contributed by atoms with van der Waals surface area (Å²) < 4.78 is 5.33. The molecule has 100 valence electrons. The lowest BCUT2D eigenvalue weighted by Crippen LogP contribution is -2.38. The van der Waals surface area contributed by atoms with Crippen molar-refractivity contribution in [1.29, 1.82) is 0 Å². The van der Waals surface area contributed by atoms with Crippen LogP contribution < -0.4 is 10.1 Å². The Balaban J connectivity index is 2.50. The van der Waals surface area contributed by atoms with E-state index in [1.54, 1.807) is 18.2 Å². The first kappa shape index (κ1) is 15.1. The van der Waals surface area contributed by atoms with E-state index in [0.29, 0.717) is 21.7 Å². The Morgan fingerprint density at radius 2 is 2.00 bits per heavy atom. The molecule has 3 nitrogen and oxygen atoms in total. The molecule has 0 fully saturated rings. The summed E-state index contributed by atoms with van der Waals surface area (Å²) in [5, 5.41) is 3.57. The molecular weight excluding hydrogens is 273 g/mol. The van der Waals surface area contributed by atoms with Gasteiger partial charge in [-0.1, -0.05) is 43.1 Å². The SMILES string of the molecule is CC(C)C(C)NC(=O)COc1cccc(Cl)c1Cl. The molecule has 18 heavy (non-hydrogen) atoms. The Kier molecular flexibility index (Phi) is 5.76. The third-order valence-corrected chi connectivity index (χ3v) is 3.47. The van der Waals surface area contributed by atoms with Gasteiger partial charge in [-0.3, -0.25) is 4.79 Å². The molecule has 1 N–H and O–H groups in total. The molecule has 0 radical (unpaired) electrons. The predicted molar refractivity (Wildman–Crippen MR) is 74.4 cm³/mol. The van der Waals surface area contributed by atoms with E-state index in [1.165, 1.54) is 0 Å². The molecule has 0 spiro atoms. The lowest BCUT2D eigenvalue weighted by molar-refractivity contribution is -0.123. The van der Waals surface area contributed by atoms with Crippen LogP contribution in [0.15, 0.2) is 18.2 Å². The second-order valence-corrected chi connectivity index (χ2v) is 5.23. The van der Waals surface area contributed by atoms with Crippen LogP contribution in [-0.2, 0) is 4.79 Å². The highest BCUT2D eigenvalue weighted by atomic mass is 35.5. The molecule has 0 aromatic heterocycles. The van der Waals surface area contributed by atoms with Gasteiger partial charge in [-0.15, -0.1) is 0 Å². The maximum Gasteiger partial charge on any atom is 0.258 e. The molecule has 5 heteroatoms. The Morgan fingerprint density at radius 1 is 1.33 bits per heavy atom. The number of benzene rings is 1. The standard InChI is InChI=1S/C13H17Cl2NO2/c1-8(2)9(3)16-12(17)7-18-11-6-4-5-10(14)13(11)15/h4-6,8-9H,7H2,1-3H3,(H,16,17). The molecule has 0 saturated heterocycles. The van der Waals surface area contributed by atoms with Gasteiger partial charge in [0.2, 0.25) is 0 Å². The average Bonchev–Trinajstić information content (AvgIpc) is 2.31. The monoisotopic (exact) mass is 289 g/mol. The Bertz CT molecular complexity index is 421. The molecule has 0 bridgehead atoms. The molecule has 0 aliphatic rings. The number of nitrogens with one attached hydrogen (secondary N) is 1. The van der Waals surface area contributed by atoms with Gasteiger partial charge in [0, 0.05) is 6.04 Å². The fraction of sp³-hybridized carbons (Fsp3) is 0.462. The molecule has 1 unspecified atom stereocenters. The number of amides is 1. The van der Waals surface area contributed by atoms with E-state index in [4.69, 9.17) is 27.9 Å². The Morgan fingerprint density at radius 3 is 2.61 bits per heavy atom. The van der Waals surface area contributed by atoms with Gasteiger partial charge in [0.1, 0.15) is 10.8 Å². The molecule has 1 rings (SSSR count). The largest absolute Gasteiger partial charge is 0.482 e. The predicted octanol–water partition coefficient (Wildman–Crippen LogP) is 3.53. The molecule has 1 aromatic carbocycles. The van der Waals surface area contributed by atoms with Gasteiger partial charge in [0.25, 0.3) is 5.91 Å². The van der Waals surface area contributed by atoms with Crippen LogP contribution in [0.4, 0.5) is 0 Å². The van der Waals surface area contributed by atoms with Crippen molar-refractivity contribution in [3.05, 3.63) is 28.2 Å². The molecule has 0 heterocycles. The van der Waals surface area contributed by atoms with Crippen LogP contribution in [0.5, 0.6) is 5.75 Å². The van der Waals surface area contributed by atoms with Crippen molar-refractivity contribution >= 4 is 29.1 Å². The van der Waals surface area contributed by atoms with Crippen molar-refractivity contribution < 1.29 is 9.53 Å². The molecule has 1 amide bonds. The topological polar surface area (TPSA) is 38.3 Å². The van der Waals surface area contributed by atoms with Gasteiger partial charge in [-0.2, -0.15) is 0 Å². The minimum atomic E-state index is -0.174. The number of carbonyl (C=O) groups excluding carboxylic acids is 1. The smallest absolute Gasteiger partial charge is 0.258 e. The summed E-state index contributed by atoms with van der Waals surface area (Å²) >= 11 is 11.8. The number of hydrogen-bond donors (Lipinski definition) is 1. The summed E-state index contributed by atoms with van der Waals surface area (Å²) in [6.07, 6.45) is 0. The average molecular weight is 290 g/mol. The van der Waals surface area contributed by atoms with E-state index in [0.717, 1.165) is 0 Å². The number of halogens is 2. The van der Waals surface area contributed by atoms with E-state index in [9.17, 15) is 4.79 Å². The number of ether oxygens (including phenoxy) is 1. The zero-order valence-electron chi connectivity index (χ0n) is 10.7. The van der Waals surface area contributed by atoms with E-state index in [-0.39, 0.29) is 18.6 Å². The highest BCUT2D eigenvalue weighted by Gasteiger charge is 2.12. The van der Waals surface area contributed by atoms with Crippen molar-refractivity contribution in [3.63, 3.8) is 0 Å². The highest BCUT2D eigenvalue weighted by Crippen LogP contribution is 2.31. The first-order valence-corrected chi connectivity index (χ1v) is 6.53. The van der Waals surface area contributed by atoms with Crippen LogP contribution in [0.2, 0.25) is 10.0 Å². The van der Waals surface area contributed by atoms with Gasteiger partial charge in [0.15, 0.2) is 6.61 Å². The third kappa shape index (κ3) is 4.39. The van der Waals surface area contributed by atoms with E-state index in [2.05, 4.69) is 5.32 Å². The van der Waals surface area contributed by atoms with Gasteiger partial charge in [0.05, 0.1) is 5.02 Å². The Labute approximate surface area is 117 Å². The summed E-state index contributed by atoms with van der Waals surface area (Å²) in [5.41, 5.74) is 0. The quantitative estimate of drug-likeness (QED) is 0.900. The lowest BCUT2D eigenvalue weighted by atomic mass is 10.1. The maximum atomic E-state index is 11.6. The molecular formula is C13H17Cl2NO2. The van der Waals surface area contributed by atoms with Crippen molar-refractivity contribution in [2.75, 3.05) is 6.61 Å². The number of rotatable bonds is 5. The minimum Gasteiger partial charge on any atom is -0.482 e. The van der Waals surface area contributed by atoms with Crippen molar-refractivity contribution in [3.8, 4) is 5.75 Å². The summed E-state index contributed by atoms with van der Waals surface area (Å²) in [4.78, 5) is 11.6. The fourth-order valence-electron chi connectivity index (χ4n) is 1.20. The lowest BCUT2D eigenvalue weighted by Gasteiger charge is -2.17. The second kappa shape index (κ2) is 6.86. The van der Waals surface area contributed by atoms with E-state index >= 15 is 0 Å². The molecule has 1 atom stereocenters. The number of carbonyl (C=O) groups is 1. The maximum absolute atomic E-state index is 11.6. The first-order chi connectivity index (χ1) is 8.41. The van der Waals surface area contributed by atoms with Gasteiger partial charge < -0.3 is 10.1 Å². The van der Waals surface area contributed by atoms with Crippen molar-refractivity contribution in [2.24, 2.45) is 5.92 Å². The van der Waals surface area contributed by atoms with Crippen molar-refractivity contribution in [1.82, 2.24) is 5.32 Å². The normalized spacial score (nSPS) is 12.3. The second-order valence-electron chi connectivity index (χ2n) is 4.44. The van der Waals surface area contributed by atoms with Crippen LogP contribution in [0.25, 0.3) is 0 Å². The van der Waals surface area contributed by atoms with Gasteiger partial charge in [-0.05, 0) is 25.0 Å². The molecule has 0 aliphatic carbocycles. The third-order valence-electron chi connectivity index (χ3n) is 2.66. The molecule has 1 aromatic rings. The van der Waals surface area contributed by atoms with Crippen LogP contribution in [-0.4, -0.2) is 18.6 Å². The summed E-state index contributed by atoms with van der Waals surface area (Å²) in [5.74, 6) is 0.618. The van der Waals surface area contributed by atoms with Crippen LogP contribution in [0.3, 0.4) is 0 Å². The Hall–Kier alpha value is -0.930. The van der Waals surface area contributed by atoms with E-state index < -0.39 is 0 Å². The first-order valence-electron chi connectivity index (χ1n) is 5.78. The molecule has 0 saturated carbocycles.